The first kappa shape index (κ1) is 14.3. The van der Waals surface area contributed by atoms with Gasteiger partial charge in [-0.25, -0.2) is 0 Å². The first-order valence-corrected chi connectivity index (χ1v) is 7.89. The van der Waals surface area contributed by atoms with Gasteiger partial charge in [-0.1, -0.05) is 12.1 Å². The Morgan fingerprint density at radius 1 is 1.29 bits per heavy atom. The van der Waals surface area contributed by atoms with E-state index in [9.17, 15) is 0 Å². The number of rotatable bonds is 5. The molecule has 0 aromatic carbocycles. The molecule has 1 N–H and O–H groups in total. The molecule has 2 aromatic heterocycles. The molecule has 1 aliphatic rings. The van der Waals surface area contributed by atoms with Crippen molar-refractivity contribution >= 4 is 0 Å². The Morgan fingerprint density at radius 2 is 2.10 bits per heavy atom. The van der Waals surface area contributed by atoms with Crippen molar-refractivity contribution in [2.24, 2.45) is 0 Å². The maximum absolute atomic E-state index is 5.48. The second-order valence-corrected chi connectivity index (χ2v) is 5.85. The van der Waals surface area contributed by atoms with Gasteiger partial charge in [-0.2, -0.15) is 4.98 Å². The van der Waals surface area contributed by atoms with Crippen LogP contribution in [0.25, 0.3) is 11.4 Å². The van der Waals surface area contributed by atoms with E-state index >= 15 is 0 Å². The molecule has 114 valence electrons. The second kappa shape index (κ2) is 6.43. The number of nitrogens with zero attached hydrogens (tertiary/aromatic N) is 2. The fourth-order valence-corrected chi connectivity index (χ4v) is 3.02. The van der Waals surface area contributed by atoms with Crippen molar-refractivity contribution < 1.29 is 8.94 Å². The lowest BCUT2D eigenvalue weighted by Gasteiger charge is -2.27. The van der Waals surface area contributed by atoms with Crippen molar-refractivity contribution in [3.05, 3.63) is 24.0 Å². The van der Waals surface area contributed by atoms with Gasteiger partial charge in [0.1, 0.15) is 5.76 Å². The van der Waals surface area contributed by atoms with Crippen LogP contribution in [0.3, 0.4) is 0 Å². The highest BCUT2D eigenvalue weighted by Gasteiger charge is 2.26. The summed E-state index contributed by atoms with van der Waals surface area (Å²) >= 11 is 0. The van der Waals surface area contributed by atoms with E-state index < -0.39 is 0 Å². The summed E-state index contributed by atoms with van der Waals surface area (Å²) in [6.45, 7) is 5.23. The van der Waals surface area contributed by atoms with E-state index in [0.717, 1.165) is 36.6 Å². The highest BCUT2D eigenvalue weighted by atomic mass is 16.5. The predicted molar refractivity (Wildman–Crippen MR) is 80.0 cm³/mol. The van der Waals surface area contributed by atoms with Gasteiger partial charge in [-0.3, -0.25) is 0 Å². The lowest BCUT2D eigenvalue weighted by Crippen LogP contribution is -2.33. The van der Waals surface area contributed by atoms with Gasteiger partial charge in [-0.15, -0.1) is 0 Å². The van der Waals surface area contributed by atoms with Crippen molar-refractivity contribution in [3.8, 4) is 11.4 Å². The average molecular weight is 289 g/mol. The van der Waals surface area contributed by atoms with Crippen LogP contribution in [0.4, 0.5) is 0 Å². The Morgan fingerprint density at radius 3 is 2.76 bits per heavy atom. The van der Waals surface area contributed by atoms with Gasteiger partial charge in [0.05, 0.1) is 11.8 Å². The standard InChI is InChI=1S/C16H23N3O2/c1-3-9-17-13-6-4-12(5-7-13)16-18-15(19-21-16)14-8-10-20-11(14)2/h8,10,12-13,17H,3-7,9H2,1-2H3. The summed E-state index contributed by atoms with van der Waals surface area (Å²) in [5, 5.41) is 7.70. The molecule has 1 fully saturated rings. The molecule has 5 heteroatoms. The largest absolute Gasteiger partial charge is 0.469 e. The van der Waals surface area contributed by atoms with E-state index in [2.05, 4.69) is 22.4 Å². The van der Waals surface area contributed by atoms with E-state index in [1.54, 1.807) is 6.26 Å². The minimum absolute atomic E-state index is 0.401. The van der Waals surface area contributed by atoms with Crippen molar-refractivity contribution in [2.45, 2.75) is 57.9 Å². The van der Waals surface area contributed by atoms with Crippen molar-refractivity contribution in [2.75, 3.05) is 6.54 Å². The van der Waals surface area contributed by atoms with Crippen LogP contribution in [0.5, 0.6) is 0 Å². The maximum Gasteiger partial charge on any atom is 0.230 e. The van der Waals surface area contributed by atoms with Crippen molar-refractivity contribution in [1.82, 2.24) is 15.5 Å². The summed E-state index contributed by atoms with van der Waals surface area (Å²) in [7, 11) is 0. The quantitative estimate of drug-likeness (QED) is 0.910. The fourth-order valence-electron chi connectivity index (χ4n) is 3.02. The summed E-state index contributed by atoms with van der Waals surface area (Å²) in [6, 6.07) is 2.54. The van der Waals surface area contributed by atoms with Crippen molar-refractivity contribution in [1.29, 1.82) is 0 Å². The third kappa shape index (κ3) is 3.18. The molecule has 1 saturated carbocycles. The zero-order valence-electron chi connectivity index (χ0n) is 12.8. The third-order valence-electron chi connectivity index (χ3n) is 4.30. The number of aryl methyl sites for hydroxylation is 1. The van der Waals surface area contributed by atoms with E-state index in [4.69, 9.17) is 8.94 Å². The molecular formula is C16H23N3O2. The topological polar surface area (TPSA) is 64.1 Å². The zero-order valence-corrected chi connectivity index (χ0v) is 12.8. The number of aromatic nitrogens is 2. The normalized spacial score (nSPS) is 22.6. The highest BCUT2D eigenvalue weighted by molar-refractivity contribution is 5.56. The smallest absolute Gasteiger partial charge is 0.230 e. The number of nitrogens with one attached hydrogen (secondary N) is 1. The highest BCUT2D eigenvalue weighted by Crippen LogP contribution is 2.33. The number of furan rings is 1. The van der Waals surface area contributed by atoms with Gasteiger partial charge in [0, 0.05) is 12.0 Å². The predicted octanol–water partition coefficient (Wildman–Crippen LogP) is 3.66. The minimum Gasteiger partial charge on any atom is -0.469 e. The Balaban J connectivity index is 1.62. The lowest BCUT2D eigenvalue weighted by atomic mass is 9.86. The SMILES string of the molecule is CCCNC1CCC(c2nc(-c3ccoc3C)no2)CC1. The average Bonchev–Trinajstić information content (AvgIpc) is 3.14. The molecular weight excluding hydrogens is 266 g/mol. The van der Waals surface area contributed by atoms with Crippen LogP contribution < -0.4 is 5.32 Å². The zero-order chi connectivity index (χ0) is 14.7. The molecule has 2 aromatic rings. The molecule has 0 aliphatic heterocycles. The van der Waals surface area contributed by atoms with Gasteiger partial charge in [0.15, 0.2) is 0 Å². The Labute approximate surface area is 125 Å². The van der Waals surface area contributed by atoms with Crippen LogP contribution >= 0.6 is 0 Å². The Hall–Kier alpha value is -1.62. The summed E-state index contributed by atoms with van der Waals surface area (Å²) < 4.78 is 10.8. The van der Waals surface area contributed by atoms with Crippen LogP contribution in [0.2, 0.25) is 0 Å². The molecule has 0 unspecified atom stereocenters. The Bertz CT molecular complexity index is 568. The van der Waals surface area contributed by atoms with Crippen LogP contribution in [0, 0.1) is 6.92 Å². The van der Waals surface area contributed by atoms with Crippen LogP contribution in [0.1, 0.15) is 56.6 Å². The van der Waals surface area contributed by atoms with E-state index in [1.807, 2.05) is 13.0 Å². The molecule has 2 heterocycles. The summed E-state index contributed by atoms with van der Waals surface area (Å²) in [5.74, 6) is 2.65. The van der Waals surface area contributed by atoms with Gasteiger partial charge < -0.3 is 14.3 Å². The van der Waals surface area contributed by atoms with Crippen LogP contribution in [-0.2, 0) is 0 Å². The van der Waals surface area contributed by atoms with Gasteiger partial charge >= 0.3 is 0 Å². The number of hydrogen-bond donors (Lipinski definition) is 1. The molecule has 5 nitrogen and oxygen atoms in total. The van der Waals surface area contributed by atoms with Gasteiger partial charge in [0.25, 0.3) is 0 Å². The van der Waals surface area contributed by atoms with Gasteiger partial charge in [0.2, 0.25) is 11.7 Å². The first-order chi connectivity index (χ1) is 10.3. The molecule has 3 rings (SSSR count). The molecule has 0 spiro atoms. The molecule has 21 heavy (non-hydrogen) atoms. The van der Waals surface area contributed by atoms with E-state index in [1.165, 1.54) is 19.3 Å². The van der Waals surface area contributed by atoms with Crippen LogP contribution in [-0.4, -0.2) is 22.7 Å². The van der Waals surface area contributed by atoms with E-state index in [0.29, 0.717) is 17.8 Å². The monoisotopic (exact) mass is 289 g/mol. The summed E-state index contributed by atoms with van der Waals surface area (Å²) in [5.41, 5.74) is 0.920. The summed E-state index contributed by atoms with van der Waals surface area (Å²) in [6.07, 6.45) is 7.46. The molecule has 0 amide bonds. The maximum atomic E-state index is 5.48. The van der Waals surface area contributed by atoms with Gasteiger partial charge in [-0.05, 0) is 51.6 Å². The van der Waals surface area contributed by atoms with E-state index in [-0.39, 0.29) is 0 Å². The molecule has 0 radical (unpaired) electrons. The van der Waals surface area contributed by atoms with Crippen molar-refractivity contribution in [3.63, 3.8) is 0 Å². The number of hydrogen-bond acceptors (Lipinski definition) is 5. The molecule has 1 aliphatic carbocycles. The third-order valence-corrected chi connectivity index (χ3v) is 4.30. The molecule has 0 saturated heterocycles. The summed E-state index contributed by atoms with van der Waals surface area (Å²) in [4.78, 5) is 4.57. The molecule has 0 bridgehead atoms. The Kier molecular flexibility index (Phi) is 4.39. The first-order valence-electron chi connectivity index (χ1n) is 7.89. The second-order valence-electron chi connectivity index (χ2n) is 5.85. The fraction of sp³-hybridized carbons (Fsp3) is 0.625. The lowest BCUT2D eigenvalue weighted by molar-refractivity contribution is 0.283. The van der Waals surface area contributed by atoms with Crippen LogP contribution in [0.15, 0.2) is 21.3 Å². The molecule has 0 atom stereocenters. The minimum atomic E-state index is 0.401.